The third kappa shape index (κ3) is 5.56. The van der Waals surface area contributed by atoms with E-state index in [1.54, 1.807) is 0 Å². The number of para-hydroxylation sites is 2. The lowest BCUT2D eigenvalue weighted by molar-refractivity contribution is -0.125. The molecule has 2 fully saturated rings. The second-order valence-corrected chi connectivity index (χ2v) is 9.78. The summed E-state index contributed by atoms with van der Waals surface area (Å²) in [7, 11) is 0. The van der Waals surface area contributed by atoms with Crippen LogP contribution in [0.25, 0.3) is 11.0 Å². The van der Waals surface area contributed by atoms with Crippen LogP contribution in [0.3, 0.4) is 0 Å². The Bertz CT molecular complexity index is 1200. The molecule has 7 heteroatoms. The third-order valence-electron chi connectivity index (χ3n) is 7.29. The summed E-state index contributed by atoms with van der Waals surface area (Å²) in [5, 5.41) is 3.15. The van der Waals surface area contributed by atoms with E-state index in [-0.39, 0.29) is 17.4 Å². The molecule has 3 heterocycles. The number of rotatable bonds is 7. The van der Waals surface area contributed by atoms with Crippen molar-refractivity contribution in [1.82, 2.24) is 19.8 Å². The molecule has 1 aromatic heterocycles. The topological polar surface area (TPSA) is 70.5 Å². The number of hydrogen-bond acceptors (Lipinski definition) is 5. The molecule has 0 spiro atoms. The van der Waals surface area contributed by atoms with E-state index < -0.39 is 0 Å². The minimum Gasteiger partial charge on any atom is -0.355 e. The summed E-state index contributed by atoms with van der Waals surface area (Å²) in [6.07, 6.45) is 5.55. The molecular weight excluding hydrogens is 438 g/mol. The Labute approximate surface area is 206 Å². The Kier molecular flexibility index (Phi) is 7.42. The van der Waals surface area contributed by atoms with Gasteiger partial charge in [0.15, 0.2) is 5.82 Å². The van der Waals surface area contributed by atoms with Gasteiger partial charge in [0, 0.05) is 26.2 Å². The van der Waals surface area contributed by atoms with Gasteiger partial charge in [-0.05, 0) is 56.5 Å². The fourth-order valence-corrected chi connectivity index (χ4v) is 5.36. The molecule has 0 unspecified atom stereocenters. The van der Waals surface area contributed by atoms with Crippen LogP contribution >= 0.6 is 0 Å². The average molecular weight is 474 g/mol. The van der Waals surface area contributed by atoms with Gasteiger partial charge in [0.2, 0.25) is 5.91 Å². The van der Waals surface area contributed by atoms with Crippen molar-refractivity contribution in [2.24, 2.45) is 5.92 Å². The number of carbonyl (C=O) groups is 1. The van der Waals surface area contributed by atoms with Crippen LogP contribution in [0.5, 0.6) is 0 Å². The number of likely N-dealkylation sites (tertiary alicyclic amines) is 1. The van der Waals surface area contributed by atoms with Gasteiger partial charge in [-0.15, -0.1) is 0 Å². The number of benzene rings is 2. The zero-order valence-corrected chi connectivity index (χ0v) is 20.4. The fraction of sp³-hybridized carbons (Fsp3) is 0.464. The summed E-state index contributed by atoms with van der Waals surface area (Å²) in [4.78, 5) is 35.9. The molecule has 3 aromatic rings. The van der Waals surface area contributed by atoms with E-state index in [0.29, 0.717) is 25.5 Å². The molecule has 2 saturated heterocycles. The molecule has 0 saturated carbocycles. The van der Waals surface area contributed by atoms with Crippen molar-refractivity contribution in [3.05, 3.63) is 70.5 Å². The van der Waals surface area contributed by atoms with Gasteiger partial charge in [-0.1, -0.05) is 48.9 Å². The van der Waals surface area contributed by atoms with Crippen molar-refractivity contribution in [2.75, 3.05) is 44.2 Å². The van der Waals surface area contributed by atoms with E-state index in [0.717, 1.165) is 55.6 Å². The van der Waals surface area contributed by atoms with E-state index in [9.17, 15) is 9.59 Å². The van der Waals surface area contributed by atoms with Gasteiger partial charge < -0.3 is 15.1 Å². The lowest BCUT2D eigenvalue weighted by Crippen LogP contribution is -2.47. The summed E-state index contributed by atoms with van der Waals surface area (Å²) in [6, 6.07) is 17.8. The molecule has 35 heavy (non-hydrogen) atoms. The third-order valence-corrected chi connectivity index (χ3v) is 7.29. The van der Waals surface area contributed by atoms with E-state index >= 15 is 0 Å². The molecule has 2 aliphatic heterocycles. The summed E-state index contributed by atoms with van der Waals surface area (Å²) in [5.41, 5.74) is 2.60. The van der Waals surface area contributed by atoms with Crippen molar-refractivity contribution >= 4 is 22.8 Å². The first-order valence-corrected chi connectivity index (χ1v) is 13.0. The fourth-order valence-electron chi connectivity index (χ4n) is 5.36. The van der Waals surface area contributed by atoms with E-state index in [1.165, 1.54) is 19.3 Å². The van der Waals surface area contributed by atoms with Crippen LogP contribution in [0, 0.1) is 5.92 Å². The molecule has 7 nitrogen and oxygen atoms in total. The number of piperidine rings is 2. The smallest absolute Gasteiger partial charge is 0.294 e. The Morgan fingerprint density at radius 1 is 0.943 bits per heavy atom. The van der Waals surface area contributed by atoms with Crippen LogP contribution in [0.1, 0.15) is 37.7 Å². The summed E-state index contributed by atoms with van der Waals surface area (Å²) < 4.78 is 1.81. The second kappa shape index (κ2) is 11.0. The van der Waals surface area contributed by atoms with Crippen LogP contribution in [0.4, 0.5) is 5.82 Å². The van der Waals surface area contributed by atoms with E-state index in [1.807, 2.05) is 64.1 Å². The molecule has 1 atom stereocenters. The van der Waals surface area contributed by atoms with E-state index in [2.05, 4.69) is 10.2 Å². The molecule has 184 valence electrons. The zero-order chi connectivity index (χ0) is 24.0. The van der Waals surface area contributed by atoms with Crippen LogP contribution in [-0.2, 0) is 11.3 Å². The van der Waals surface area contributed by atoms with Crippen molar-refractivity contribution < 1.29 is 4.79 Å². The normalized spacial score (nSPS) is 19.1. The van der Waals surface area contributed by atoms with Crippen LogP contribution < -0.4 is 15.8 Å². The summed E-state index contributed by atoms with van der Waals surface area (Å²) in [5.74, 6) is 0.419. The first kappa shape index (κ1) is 23.5. The largest absolute Gasteiger partial charge is 0.355 e. The Hall–Kier alpha value is -3.19. The molecule has 0 radical (unpaired) electrons. The summed E-state index contributed by atoms with van der Waals surface area (Å²) in [6.45, 7) is 5.63. The molecule has 1 N–H and O–H groups in total. The molecule has 2 aliphatic rings. The zero-order valence-electron chi connectivity index (χ0n) is 20.4. The first-order chi connectivity index (χ1) is 17.2. The number of hydrogen-bond donors (Lipinski definition) is 1. The highest BCUT2D eigenvalue weighted by Gasteiger charge is 2.28. The maximum absolute atomic E-state index is 13.7. The Balaban J connectivity index is 1.32. The quantitative estimate of drug-likeness (QED) is 0.570. The predicted molar refractivity (Wildman–Crippen MR) is 140 cm³/mol. The number of fused-ring (bicyclic) bond motifs is 1. The van der Waals surface area contributed by atoms with Crippen LogP contribution in [0.2, 0.25) is 0 Å². The minimum atomic E-state index is -0.125. The number of carbonyl (C=O) groups excluding carboxylic acids is 1. The number of anilines is 1. The van der Waals surface area contributed by atoms with Gasteiger partial charge in [-0.2, -0.15) is 0 Å². The minimum absolute atomic E-state index is 0.0945. The predicted octanol–water partition coefficient (Wildman–Crippen LogP) is 3.26. The molecule has 0 bridgehead atoms. The lowest BCUT2D eigenvalue weighted by Gasteiger charge is -2.33. The molecule has 5 rings (SSSR count). The highest BCUT2D eigenvalue weighted by molar-refractivity contribution is 5.80. The van der Waals surface area contributed by atoms with Gasteiger partial charge in [-0.25, -0.2) is 4.98 Å². The van der Waals surface area contributed by atoms with Gasteiger partial charge in [0.05, 0.1) is 23.5 Å². The standard InChI is InChI=1S/C28H35N5O2/c34-27(29-15-19-31-16-7-2-8-17-31)23-12-9-18-32(21-23)26-28(35)33(20-22-10-3-1-4-11-22)25-14-6-5-13-24(25)30-26/h1,3-6,10-11,13-14,23H,2,7-9,12,15-21H2,(H,29,34)/t23-/m1/s1. The molecule has 0 aliphatic carbocycles. The molecular formula is C28H35N5O2. The highest BCUT2D eigenvalue weighted by atomic mass is 16.2. The Morgan fingerprint density at radius 2 is 1.71 bits per heavy atom. The van der Waals surface area contributed by atoms with Crippen molar-refractivity contribution in [3.63, 3.8) is 0 Å². The second-order valence-electron chi connectivity index (χ2n) is 9.78. The van der Waals surface area contributed by atoms with Crippen LogP contribution in [0.15, 0.2) is 59.4 Å². The van der Waals surface area contributed by atoms with Gasteiger partial charge in [0.25, 0.3) is 5.56 Å². The monoisotopic (exact) mass is 473 g/mol. The van der Waals surface area contributed by atoms with Crippen molar-refractivity contribution in [2.45, 2.75) is 38.6 Å². The maximum atomic E-state index is 13.7. The van der Waals surface area contributed by atoms with E-state index in [4.69, 9.17) is 4.98 Å². The first-order valence-electron chi connectivity index (χ1n) is 13.0. The highest BCUT2D eigenvalue weighted by Crippen LogP contribution is 2.22. The van der Waals surface area contributed by atoms with Crippen molar-refractivity contribution in [1.29, 1.82) is 0 Å². The SMILES string of the molecule is O=C(NCCN1CCCCC1)[C@@H]1CCCN(c2nc3ccccc3n(Cc3ccccc3)c2=O)C1. The van der Waals surface area contributed by atoms with Gasteiger partial charge in [0.1, 0.15) is 0 Å². The number of nitrogens with zero attached hydrogens (tertiary/aromatic N) is 4. The number of amides is 1. The lowest BCUT2D eigenvalue weighted by atomic mass is 9.97. The molecule has 1 amide bonds. The molecule has 2 aromatic carbocycles. The average Bonchev–Trinajstić information content (AvgIpc) is 2.91. The Morgan fingerprint density at radius 3 is 2.54 bits per heavy atom. The van der Waals surface area contributed by atoms with Gasteiger partial charge in [-0.3, -0.25) is 14.2 Å². The number of aromatic nitrogens is 2. The number of nitrogens with one attached hydrogen (secondary N) is 1. The maximum Gasteiger partial charge on any atom is 0.294 e. The summed E-state index contributed by atoms with van der Waals surface area (Å²) >= 11 is 0. The van der Waals surface area contributed by atoms with Crippen LogP contribution in [-0.4, -0.2) is 59.6 Å². The van der Waals surface area contributed by atoms with Gasteiger partial charge >= 0.3 is 0 Å². The van der Waals surface area contributed by atoms with Crippen molar-refractivity contribution in [3.8, 4) is 0 Å².